The van der Waals surface area contributed by atoms with E-state index in [1.54, 1.807) is 0 Å². The van der Waals surface area contributed by atoms with Crippen LogP contribution < -0.4 is 52.3 Å². The third kappa shape index (κ3) is 16.0. The van der Waals surface area contributed by atoms with Crippen LogP contribution in [0.3, 0.4) is 0 Å². The molecular weight excluding hydrogens is 1370 g/mol. The van der Waals surface area contributed by atoms with Crippen LogP contribution in [0.4, 0.5) is 0 Å². The van der Waals surface area contributed by atoms with E-state index in [0.29, 0.717) is 0 Å². The van der Waals surface area contributed by atoms with Gasteiger partial charge in [-0.2, -0.15) is 0 Å². The Morgan fingerprint density at radius 3 is 1.96 bits per heavy atom. The maximum absolute atomic E-state index is 16.1. The minimum absolute atomic E-state index is 0.0768. The summed E-state index contributed by atoms with van der Waals surface area (Å²) in [7, 11) is 1.49. The second-order valence-electron chi connectivity index (χ2n) is 26.3. The summed E-state index contributed by atoms with van der Waals surface area (Å²) in [6.45, 7) is 5.72. The first-order valence-electron chi connectivity index (χ1n) is 32.1. The van der Waals surface area contributed by atoms with E-state index in [1.165, 1.54) is 39.1 Å². The van der Waals surface area contributed by atoms with E-state index < -0.39 is 238 Å². The smallest absolute Gasteiger partial charge is 0.330 e. The number of carboxylic acid groups (broad SMARTS) is 1. The van der Waals surface area contributed by atoms with Gasteiger partial charge in [0.25, 0.3) is 0 Å². The molecule has 101 heavy (non-hydrogen) atoms. The van der Waals surface area contributed by atoms with Gasteiger partial charge in [-0.05, 0) is 110 Å². The fraction of sp³-hybridized carbons (Fsp3) is 0.441. The average molecular weight is 1450 g/mol. The molecule has 7 aliphatic heterocycles. The number of ether oxygens (including phenoxy) is 6. The van der Waals surface area contributed by atoms with E-state index in [9.17, 15) is 75.0 Å². The van der Waals surface area contributed by atoms with Crippen LogP contribution in [0.15, 0.2) is 78.9 Å². The van der Waals surface area contributed by atoms with Gasteiger partial charge in [0.2, 0.25) is 41.6 Å². The van der Waals surface area contributed by atoms with Gasteiger partial charge in [0.05, 0.1) is 46.7 Å². The number of amides is 5. The number of aliphatic hydroxyl groups is 6. The number of carboxylic acids is 1. The van der Waals surface area contributed by atoms with Crippen molar-refractivity contribution in [1.29, 1.82) is 0 Å². The van der Waals surface area contributed by atoms with E-state index in [2.05, 4.69) is 26.6 Å². The summed E-state index contributed by atoms with van der Waals surface area (Å²) in [5, 5.41) is 126. The van der Waals surface area contributed by atoms with Crippen LogP contribution in [0.5, 0.6) is 46.0 Å². The van der Waals surface area contributed by atoms with Crippen molar-refractivity contribution in [2.75, 3.05) is 13.7 Å². The summed E-state index contributed by atoms with van der Waals surface area (Å²) in [5.74, 6) is -18.5. The monoisotopic (exact) mass is 1450 g/mol. The predicted molar refractivity (Wildman–Crippen MR) is 352 cm³/mol. The number of aliphatic hydroxyl groups excluding tert-OH is 6. The summed E-state index contributed by atoms with van der Waals surface area (Å²) >= 11 is 14.1. The van der Waals surface area contributed by atoms with Gasteiger partial charge >= 0.3 is 5.97 Å². The topological polar surface area (TPSA) is 506 Å². The minimum Gasteiger partial charge on any atom is -0.508 e. The van der Waals surface area contributed by atoms with Gasteiger partial charge in [-0.1, -0.05) is 55.2 Å². The Balaban J connectivity index is 1.24. The Morgan fingerprint density at radius 1 is 0.743 bits per heavy atom. The molecule has 0 aliphatic carbocycles. The quantitative estimate of drug-likeness (QED) is 0.0802. The number of ketones is 2. The fourth-order valence-electron chi connectivity index (χ4n) is 13.0. The number of fused-ring (bicyclic) bond motifs is 15. The van der Waals surface area contributed by atoms with Crippen LogP contribution >= 0.6 is 23.2 Å². The summed E-state index contributed by atoms with van der Waals surface area (Å²) in [6.07, 6.45) is -20.3. The van der Waals surface area contributed by atoms with Crippen molar-refractivity contribution in [3.8, 4) is 57.1 Å². The minimum atomic E-state index is -2.24. The lowest BCUT2D eigenvalue weighted by Crippen LogP contribution is -2.64. The first kappa shape index (κ1) is 74.9. The van der Waals surface area contributed by atoms with Gasteiger partial charge in [0.15, 0.2) is 41.5 Å². The number of primary amides is 1. The number of benzene rings is 5. The highest BCUT2D eigenvalue weighted by Crippen LogP contribution is 2.50. The van der Waals surface area contributed by atoms with Gasteiger partial charge in [-0.15, -0.1) is 0 Å². The second kappa shape index (κ2) is 30.4. The van der Waals surface area contributed by atoms with Gasteiger partial charge < -0.3 is 118 Å². The zero-order valence-electron chi connectivity index (χ0n) is 54.7. The van der Waals surface area contributed by atoms with E-state index in [1.807, 2.05) is 13.8 Å². The van der Waals surface area contributed by atoms with E-state index >= 15 is 14.4 Å². The summed E-state index contributed by atoms with van der Waals surface area (Å²) < 4.78 is 38.4. The highest BCUT2D eigenvalue weighted by atomic mass is 35.5. The van der Waals surface area contributed by atoms with Gasteiger partial charge in [0.1, 0.15) is 77.4 Å². The van der Waals surface area contributed by atoms with E-state index in [4.69, 9.17) is 63.1 Å². The Kier molecular flexibility index (Phi) is 22.5. The summed E-state index contributed by atoms with van der Waals surface area (Å²) in [6, 6.07) is 4.58. The van der Waals surface area contributed by atoms with E-state index in [-0.39, 0.29) is 57.5 Å². The number of Topliss-reactive ketones (excluding diaryl/α,β-unsaturated/α-hetero) is 2. The molecule has 11 bridgehead atoms. The number of aromatic hydroxyl groups is 3. The second-order valence-corrected chi connectivity index (χ2v) is 27.1. The molecule has 5 aromatic rings. The van der Waals surface area contributed by atoms with Gasteiger partial charge in [-0.25, -0.2) is 4.79 Å². The van der Waals surface area contributed by atoms with Crippen LogP contribution in [0.2, 0.25) is 10.0 Å². The Labute approximate surface area is 585 Å². The number of rotatable bonds is 13. The third-order valence-corrected chi connectivity index (χ3v) is 19.0. The third-order valence-electron chi connectivity index (χ3n) is 18.4. The van der Waals surface area contributed by atoms with Crippen LogP contribution in [-0.4, -0.2) is 185 Å². The number of hydrogen-bond donors (Lipinski definition) is 17. The van der Waals surface area contributed by atoms with Crippen molar-refractivity contribution in [2.45, 2.75) is 163 Å². The molecule has 19 N–H and O–H groups in total. The standard InChI is InChI=1S/C68H77Cl2N7O24/c1-25(2)12-38(73-5)64(92)76-53-41(82)16-31(19-48(71)84)62(90)74-51-30-17-45(97-43-10-7-28(55(53)85)14-36(43)69)59(101-67-60(58(88)57(87)47(24-78)99-67)100-49-23-68(4,72)61(89)26(3)96-49)46(18-30)98-44-11-8-29(15-37(44)70)56(86)54-65(93)75-52(66(94)95)35-20-32(79)21-40(81)50(35)34-13-27(6-9-39(34)80)33(22-42(51)83)63(91)77-54/h6-11,13-15,17-18,20-21,25-26,31,33,38,47,49,51-58,60-61,67,73,78-81,85-89H,12,16,19,22-24,72H2,1-5H3,(H2,71,84)(H,74,90)(H,75,93)(H,76,92)(H,77,91)(H,94,95)/t26?,31-,33+,38+,47?,49?,51+,52-,53-,54+,55+,56+,57?,58?,60?,61?,67?,68?/m0/s1. The first-order valence-corrected chi connectivity index (χ1v) is 32.8. The number of phenolic OH excluding ortho intramolecular Hbond substituents is 3. The largest absolute Gasteiger partial charge is 0.508 e. The summed E-state index contributed by atoms with van der Waals surface area (Å²) in [4.78, 5) is 117. The van der Waals surface area contributed by atoms with Crippen LogP contribution in [0, 0.1) is 11.8 Å². The molecule has 0 aromatic heterocycles. The Hall–Kier alpha value is -8.80. The average Bonchev–Trinajstić information content (AvgIpc) is 0.775. The molecule has 7 aliphatic rings. The molecule has 0 saturated carbocycles. The molecule has 542 valence electrons. The lowest BCUT2D eigenvalue weighted by Gasteiger charge is -2.47. The normalized spacial score (nSPS) is 29.6. The number of halogens is 2. The molecule has 18 atom stereocenters. The SMILES string of the molecule is CN[C@H](CC(C)C)C(=O)N[C@H]1C(=O)C[C@@H](CC(N)=O)C(=O)N[C@H]2C(=O)C[C@H]3C(=O)N[C@@H](C(=O)N[C@H](C(=O)O)c4cc(O)cc(O)c4-c4cc3ccc4O)[C@H](O)c3ccc(c(Cl)c3)Oc3cc2cc(c3OC2OC(CO)C(O)C(O)C2OC2CC(C)(N)C(O)C(C)O2)Oc2ccc(cc2Cl)[C@H]1O. The van der Waals surface area contributed by atoms with Gasteiger partial charge in [-0.3, -0.25) is 33.6 Å². The number of phenols is 3. The van der Waals surface area contributed by atoms with Crippen molar-refractivity contribution in [3.63, 3.8) is 0 Å². The number of nitrogens with one attached hydrogen (secondary N) is 5. The molecule has 5 amide bonds. The summed E-state index contributed by atoms with van der Waals surface area (Å²) in [5.41, 5.74) is 8.47. The molecule has 2 fully saturated rings. The number of hydrogen-bond acceptors (Lipinski definition) is 25. The van der Waals surface area contributed by atoms with Crippen molar-refractivity contribution >= 4 is 70.3 Å². The van der Waals surface area contributed by atoms with Crippen molar-refractivity contribution in [1.82, 2.24) is 26.6 Å². The number of nitrogens with two attached hydrogens (primary N) is 2. The molecule has 12 rings (SSSR count). The molecule has 0 spiro atoms. The van der Waals surface area contributed by atoms with Crippen molar-refractivity contribution < 1.29 is 118 Å². The van der Waals surface area contributed by atoms with Crippen LogP contribution in [0.1, 0.15) is 118 Å². The molecule has 0 radical (unpaired) electrons. The molecule has 33 heteroatoms. The van der Waals surface area contributed by atoms with Crippen LogP contribution in [-0.2, 0) is 52.6 Å². The van der Waals surface area contributed by atoms with E-state index in [0.717, 1.165) is 60.7 Å². The van der Waals surface area contributed by atoms with Gasteiger partial charge in [0, 0.05) is 54.0 Å². The molecular formula is C68H77Cl2N7O24. The highest BCUT2D eigenvalue weighted by Gasteiger charge is 2.51. The number of carbonyl (C=O) groups excluding carboxylic acids is 7. The lowest BCUT2D eigenvalue weighted by atomic mass is 9.84. The molecule has 31 nitrogen and oxygen atoms in total. The molecule has 9 unspecified atom stereocenters. The number of likely N-dealkylation sites (N-methyl/N-ethyl adjacent to an activating group) is 1. The lowest BCUT2D eigenvalue weighted by molar-refractivity contribution is -0.333. The maximum Gasteiger partial charge on any atom is 0.330 e. The number of carbonyl (C=O) groups is 8. The zero-order chi connectivity index (χ0) is 73.5. The Bertz CT molecular complexity index is 4070. The predicted octanol–water partition coefficient (Wildman–Crippen LogP) is 2.08. The molecule has 2 saturated heterocycles. The Morgan fingerprint density at radius 2 is 1.38 bits per heavy atom. The fourth-order valence-corrected chi connectivity index (χ4v) is 13.5. The maximum atomic E-state index is 16.1. The number of aliphatic carboxylic acids is 1. The first-order chi connectivity index (χ1) is 47.7. The van der Waals surface area contributed by atoms with Crippen LogP contribution in [0.25, 0.3) is 11.1 Å². The zero-order valence-corrected chi connectivity index (χ0v) is 56.3. The highest BCUT2D eigenvalue weighted by molar-refractivity contribution is 6.32. The van der Waals surface area contributed by atoms with Crippen molar-refractivity contribution in [2.24, 2.45) is 23.3 Å². The molecule has 5 aromatic carbocycles. The molecule has 7 heterocycles. The van der Waals surface area contributed by atoms with Crippen molar-refractivity contribution in [3.05, 3.63) is 117 Å².